The number of aromatic nitrogens is 3. The van der Waals surface area contributed by atoms with Gasteiger partial charge in [-0.3, -0.25) is 9.59 Å². The molecule has 0 bridgehead atoms. The first-order valence-corrected chi connectivity index (χ1v) is 10.5. The van der Waals surface area contributed by atoms with Crippen molar-refractivity contribution in [3.63, 3.8) is 0 Å². The van der Waals surface area contributed by atoms with Crippen LogP contribution in [0.2, 0.25) is 0 Å². The van der Waals surface area contributed by atoms with Gasteiger partial charge in [-0.2, -0.15) is 5.10 Å². The third-order valence-electron chi connectivity index (χ3n) is 5.68. The Morgan fingerprint density at radius 2 is 1.77 bits per heavy atom. The number of carbonyl (C=O) groups is 1. The average Bonchev–Trinajstić information content (AvgIpc) is 3.30. The molecular weight excluding hydrogens is 392 g/mol. The lowest BCUT2D eigenvalue weighted by Gasteiger charge is -2.16. The van der Waals surface area contributed by atoms with Gasteiger partial charge in [-0.25, -0.2) is 4.52 Å². The monoisotopic (exact) mass is 418 g/mol. The zero-order valence-electron chi connectivity index (χ0n) is 18.0. The fourth-order valence-corrected chi connectivity index (χ4v) is 3.80. The number of fused-ring (bicyclic) bond motifs is 3. The van der Waals surface area contributed by atoms with Crippen LogP contribution in [0.3, 0.4) is 0 Å². The van der Waals surface area contributed by atoms with E-state index in [4.69, 9.17) is 4.74 Å². The SMILES string of the molecule is CCC(CC)NC(=O)c1ccc2c(c1)n(Cc1ccc(OC)cc1)c(=O)c1ccnn12. The Hall–Kier alpha value is -3.61. The molecule has 0 aliphatic carbocycles. The third kappa shape index (κ3) is 3.91. The van der Waals surface area contributed by atoms with Crippen molar-refractivity contribution in [2.24, 2.45) is 0 Å². The first-order chi connectivity index (χ1) is 15.0. The molecule has 160 valence electrons. The molecule has 0 atom stereocenters. The van der Waals surface area contributed by atoms with Gasteiger partial charge >= 0.3 is 0 Å². The summed E-state index contributed by atoms with van der Waals surface area (Å²) in [6, 6.07) is 14.8. The van der Waals surface area contributed by atoms with Crippen molar-refractivity contribution >= 4 is 22.5 Å². The topological polar surface area (TPSA) is 77.6 Å². The standard InChI is InChI=1S/C24H26N4O3/c1-4-18(5-2)26-23(29)17-8-11-20-22(14-17)27(24(30)21-12-13-25-28(20)21)15-16-6-9-19(31-3)10-7-16/h6-14,18H,4-5,15H2,1-3H3,(H,26,29). The Morgan fingerprint density at radius 3 is 2.45 bits per heavy atom. The number of hydrogen-bond acceptors (Lipinski definition) is 4. The Bertz CT molecular complexity index is 1280. The van der Waals surface area contributed by atoms with Gasteiger partial charge in [-0.05, 0) is 54.8 Å². The summed E-state index contributed by atoms with van der Waals surface area (Å²) in [7, 11) is 1.62. The van der Waals surface area contributed by atoms with E-state index in [1.807, 2.05) is 30.3 Å². The molecule has 2 heterocycles. The lowest BCUT2D eigenvalue weighted by Crippen LogP contribution is -2.34. The number of ether oxygens (including phenoxy) is 1. The van der Waals surface area contributed by atoms with Crippen LogP contribution in [0.15, 0.2) is 59.5 Å². The summed E-state index contributed by atoms with van der Waals surface area (Å²) in [6.45, 7) is 4.48. The highest BCUT2D eigenvalue weighted by Crippen LogP contribution is 2.19. The van der Waals surface area contributed by atoms with E-state index in [0.717, 1.165) is 29.7 Å². The van der Waals surface area contributed by atoms with Crippen LogP contribution in [0.25, 0.3) is 16.6 Å². The molecule has 0 radical (unpaired) electrons. The van der Waals surface area contributed by atoms with E-state index in [1.165, 1.54) is 0 Å². The van der Waals surface area contributed by atoms with Crippen molar-refractivity contribution in [2.75, 3.05) is 7.11 Å². The van der Waals surface area contributed by atoms with Crippen molar-refractivity contribution in [2.45, 2.75) is 39.3 Å². The molecule has 7 nitrogen and oxygen atoms in total. The predicted octanol–water partition coefficient (Wildman–Crippen LogP) is 3.62. The summed E-state index contributed by atoms with van der Waals surface area (Å²) in [5.74, 6) is 0.618. The molecular formula is C24H26N4O3. The maximum absolute atomic E-state index is 13.3. The van der Waals surface area contributed by atoms with Gasteiger partial charge in [-0.15, -0.1) is 0 Å². The Morgan fingerprint density at radius 1 is 1.03 bits per heavy atom. The summed E-state index contributed by atoms with van der Waals surface area (Å²) < 4.78 is 8.55. The van der Waals surface area contributed by atoms with Crippen molar-refractivity contribution in [3.05, 3.63) is 76.2 Å². The average molecular weight is 418 g/mol. The third-order valence-corrected chi connectivity index (χ3v) is 5.68. The van der Waals surface area contributed by atoms with Crippen LogP contribution in [0.5, 0.6) is 5.75 Å². The van der Waals surface area contributed by atoms with E-state index in [1.54, 1.807) is 40.6 Å². The molecule has 0 aliphatic heterocycles. The van der Waals surface area contributed by atoms with E-state index >= 15 is 0 Å². The zero-order valence-corrected chi connectivity index (χ0v) is 18.0. The summed E-state index contributed by atoms with van der Waals surface area (Å²) in [6.07, 6.45) is 3.35. The number of amides is 1. The van der Waals surface area contributed by atoms with E-state index in [9.17, 15) is 9.59 Å². The van der Waals surface area contributed by atoms with Crippen LogP contribution in [-0.4, -0.2) is 33.2 Å². The van der Waals surface area contributed by atoms with Gasteiger partial charge in [0.05, 0.1) is 30.9 Å². The molecule has 2 aromatic heterocycles. The van der Waals surface area contributed by atoms with Gasteiger partial charge in [0.15, 0.2) is 0 Å². The first kappa shape index (κ1) is 20.7. The van der Waals surface area contributed by atoms with Crippen LogP contribution in [0.4, 0.5) is 0 Å². The minimum Gasteiger partial charge on any atom is -0.497 e. The predicted molar refractivity (Wildman–Crippen MR) is 121 cm³/mol. The molecule has 0 saturated heterocycles. The number of carbonyl (C=O) groups excluding carboxylic acids is 1. The molecule has 0 saturated carbocycles. The fourth-order valence-electron chi connectivity index (χ4n) is 3.80. The molecule has 4 rings (SSSR count). The Kier molecular flexibility index (Phi) is 5.75. The summed E-state index contributed by atoms with van der Waals surface area (Å²) in [5.41, 5.74) is 3.25. The van der Waals surface area contributed by atoms with Crippen molar-refractivity contribution in [3.8, 4) is 5.75 Å². The van der Waals surface area contributed by atoms with Crippen LogP contribution in [0.1, 0.15) is 42.6 Å². The molecule has 0 aliphatic rings. The molecule has 31 heavy (non-hydrogen) atoms. The lowest BCUT2D eigenvalue weighted by atomic mass is 10.1. The quantitative estimate of drug-likeness (QED) is 0.497. The fraction of sp³-hybridized carbons (Fsp3) is 0.292. The number of nitrogens with one attached hydrogen (secondary N) is 1. The minimum atomic E-state index is -0.154. The van der Waals surface area contributed by atoms with E-state index in [0.29, 0.717) is 23.1 Å². The minimum absolute atomic E-state index is 0.123. The molecule has 1 N–H and O–H groups in total. The smallest absolute Gasteiger partial charge is 0.277 e. The van der Waals surface area contributed by atoms with Crippen LogP contribution >= 0.6 is 0 Å². The van der Waals surface area contributed by atoms with Gasteiger partial charge in [0.2, 0.25) is 0 Å². The van der Waals surface area contributed by atoms with Crippen molar-refractivity contribution < 1.29 is 9.53 Å². The number of nitrogens with zero attached hydrogens (tertiary/aromatic N) is 3. The highest BCUT2D eigenvalue weighted by atomic mass is 16.5. The molecule has 1 amide bonds. The first-order valence-electron chi connectivity index (χ1n) is 10.5. The maximum Gasteiger partial charge on any atom is 0.277 e. The normalized spacial score (nSPS) is 11.4. The summed E-state index contributed by atoms with van der Waals surface area (Å²) in [5, 5.41) is 7.38. The van der Waals surface area contributed by atoms with Crippen molar-refractivity contribution in [1.82, 2.24) is 19.5 Å². The second kappa shape index (κ2) is 8.63. The number of benzene rings is 2. The highest BCUT2D eigenvalue weighted by molar-refractivity contribution is 5.97. The van der Waals surface area contributed by atoms with Gasteiger partial charge < -0.3 is 14.6 Å². The Balaban J connectivity index is 1.84. The molecule has 7 heteroatoms. The number of rotatable bonds is 7. The zero-order chi connectivity index (χ0) is 22.0. The number of methoxy groups -OCH3 is 1. The van der Waals surface area contributed by atoms with Gasteiger partial charge in [-0.1, -0.05) is 26.0 Å². The molecule has 4 aromatic rings. The van der Waals surface area contributed by atoms with E-state index in [-0.39, 0.29) is 17.5 Å². The van der Waals surface area contributed by atoms with E-state index < -0.39 is 0 Å². The molecule has 0 fully saturated rings. The van der Waals surface area contributed by atoms with Gasteiger partial charge in [0.1, 0.15) is 11.3 Å². The molecule has 0 spiro atoms. The molecule has 0 unspecified atom stereocenters. The maximum atomic E-state index is 13.3. The van der Waals surface area contributed by atoms with Gasteiger partial charge in [0, 0.05) is 11.6 Å². The second-order valence-electron chi connectivity index (χ2n) is 7.56. The van der Waals surface area contributed by atoms with E-state index in [2.05, 4.69) is 24.3 Å². The summed E-state index contributed by atoms with van der Waals surface area (Å²) in [4.78, 5) is 26.1. The largest absolute Gasteiger partial charge is 0.497 e. The highest BCUT2D eigenvalue weighted by Gasteiger charge is 2.16. The number of hydrogen-bond donors (Lipinski definition) is 1. The molecule has 2 aromatic carbocycles. The Labute approximate surface area is 180 Å². The van der Waals surface area contributed by atoms with Crippen LogP contribution in [0, 0.1) is 0 Å². The van der Waals surface area contributed by atoms with Gasteiger partial charge in [0.25, 0.3) is 11.5 Å². The van der Waals surface area contributed by atoms with Crippen LogP contribution in [-0.2, 0) is 6.54 Å². The summed E-state index contributed by atoms with van der Waals surface area (Å²) >= 11 is 0. The second-order valence-corrected chi connectivity index (χ2v) is 7.56. The lowest BCUT2D eigenvalue weighted by molar-refractivity contribution is 0.0935. The van der Waals surface area contributed by atoms with Crippen molar-refractivity contribution in [1.29, 1.82) is 0 Å². The van der Waals surface area contributed by atoms with Crippen LogP contribution < -0.4 is 15.6 Å².